The second-order valence-electron chi connectivity index (χ2n) is 4.99. The number of primary amides is 1. The van der Waals surface area contributed by atoms with Gasteiger partial charge in [0.1, 0.15) is 0 Å². The Morgan fingerprint density at radius 2 is 2.28 bits per heavy atom. The third-order valence-corrected chi connectivity index (χ3v) is 4.04. The number of rotatable bonds is 4. The van der Waals surface area contributed by atoms with E-state index in [0.29, 0.717) is 16.6 Å². The number of hydrogen-bond acceptors (Lipinski definition) is 2. The number of nitrogens with one attached hydrogen (secondary N) is 1. The lowest BCUT2D eigenvalue weighted by Crippen LogP contribution is -2.16. The largest absolute Gasteiger partial charge is 0.382 e. The molecule has 0 bridgehead atoms. The Kier molecular flexibility index (Phi) is 4.12. The minimum atomic E-state index is -0.488. The molecule has 1 aromatic rings. The molecule has 0 heterocycles. The first-order valence-electron chi connectivity index (χ1n) is 6.46. The predicted octanol–water partition coefficient (Wildman–Crippen LogP) is 3.43. The van der Waals surface area contributed by atoms with Crippen molar-refractivity contribution in [1.82, 2.24) is 0 Å². The summed E-state index contributed by atoms with van der Waals surface area (Å²) < 4.78 is 0. The first-order chi connectivity index (χ1) is 8.60. The molecule has 2 atom stereocenters. The van der Waals surface area contributed by atoms with Crippen LogP contribution in [0.15, 0.2) is 18.2 Å². The van der Waals surface area contributed by atoms with Crippen molar-refractivity contribution in [2.24, 2.45) is 11.7 Å². The Balaban J connectivity index is 2.02. The Bertz CT molecular complexity index is 447. The van der Waals surface area contributed by atoms with Gasteiger partial charge in [-0.15, -0.1) is 0 Å². The van der Waals surface area contributed by atoms with Crippen LogP contribution >= 0.6 is 11.6 Å². The van der Waals surface area contributed by atoms with Crippen molar-refractivity contribution >= 4 is 23.2 Å². The molecule has 2 unspecified atom stereocenters. The number of halogens is 1. The maximum Gasteiger partial charge on any atom is 0.250 e. The SMILES string of the molecule is CCC1CCC(Nc2ccc(C(N)=O)c(Cl)c2)C1. The van der Waals surface area contributed by atoms with E-state index in [1.807, 2.05) is 6.07 Å². The van der Waals surface area contributed by atoms with Crippen LogP contribution in [0.25, 0.3) is 0 Å². The Morgan fingerprint density at radius 1 is 1.50 bits per heavy atom. The molecule has 1 amide bonds. The van der Waals surface area contributed by atoms with Crippen molar-refractivity contribution in [3.63, 3.8) is 0 Å². The summed E-state index contributed by atoms with van der Waals surface area (Å²) in [6.07, 6.45) is 4.96. The monoisotopic (exact) mass is 266 g/mol. The van der Waals surface area contributed by atoms with Gasteiger partial charge in [-0.3, -0.25) is 4.79 Å². The van der Waals surface area contributed by atoms with Crippen LogP contribution < -0.4 is 11.1 Å². The molecule has 0 spiro atoms. The quantitative estimate of drug-likeness (QED) is 0.877. The second kappa shape index (κ2) is 5.61. The van der Waals surface area contributed by atoms with Crippen LogP contribution in [0, 0.1) is 5.92 Å². The predicted molar refractivity (Wildman–Crippen MR) is 75.0 cm³/mol. The average molecular weight is 267 g/mol. The first kappa shape index (κ1) is 13.2. The third kappa shape index (κ3) is 2.96. The summed E-state index contributed by atoms with van der Waals surface area (Å²) in [5, 5.41) is 3.89. The van der Waals surface area contributed by atoms with Gasteiger partial charge in [0.15, 0.2) is 0 Å². The molecule has 3 nitrogen and oxygen atoms in total. The van der Waals surface area contributed by atoms with Crippen LogP contribution in [0.4, 0.5) is 5.69 Å². The van der Waals surface area contributed by atoms with Gasteiger partial charge in [-0.05, 0) is 43.4 Å². The number of nitrogens with two attached hydrogens (primary N) is 1. The summed E-state index contributed by atoms with van der Waals surface area (Å²) in [6.45, 7) is 2.24. The van der Waals surface area contributed by atoms with E-state index in [9.17, 15) is 4.79 Å². The van der Waals surface area contributed by atoms with Crippen molar-refractivity contribution in [2.45, 2.75) is 38.6 Å². The highest BCUT2D eigenvalue weighted by Gasteiger charge is 2.23. The standard InChI is InChI=1S/C14H19ClN2O/c1-2-9-3-4-10(7-9)17-11-5-6-12(14(16)18)13(15)8-11/h5-6,8-10,17H,2-4,7H2,1H3,(H2,16,18). The fourth-order valence-corrected chi connectivity index (χ4v) is 2.89. The molecule has 0 saturated heterocycles. The van der Waals surface area contributed by atoms with Crippen molar-refractivity contribution in [1.29, 1.82) is 0 Å². The summed E-state index contributed by atoms with van der Waals surface area (Å²) in [5.74, 6) is 0.348. The van der Waals surface area contributed by atoms with Crippen molar-refractivity contribution in [3.05, 3.63) is 28.8 Å². The van der Waals surface area contributed by atoms with Crippen LogP contribution in [-0.4, -0.2) is 11.9 Å². The van der Waals surface area contributed by atoms with Crippen LogP contribution in [-0.2, 0) is 0 Å². The molecule has 98 valence electrons. The van der Waals surface area contributed by atoms with Gasteiger partial charge in [0, 0.05) is 11.7 Å². The molecule has 18 heavy (non-hydrogen) atoms. The van der Waals surface area contributed by atoms with Crippen molar-refractivity contribution in [3.8, 4) is 0 Å². The molecule has 1 aliphatic carbocycles. The van der Waals surface area contributed by atoms with E-state index in [0.717, 1.165) is 11.6 Å². The van der Waals surface area contributed by atoms with Gasteiger partial charge in [-0.2, -0.15) is 0 Å². The molecular formula is C14H19ClN2O. The zero-order chi connectivity index (χ0) is 13.1. The van der Waals surface area contributed by atoms with E-state index in [4.69, 9.17) is 17.3 Å². The Labute approximate surface area is 113 Å². The Hall–Kier alpha value is -1.22. The van der Waals surface area contributed by atoms with Gasteiger partial charge in [-0.1, -0.05) is 24.9 Å². The van der Waals surface area contributed by atoms with E-state index in [1.54, 1.807) is 12.1 Å². The van der Waals surface area contributed by atoms with E-state index in [2.05, 4.69) is 12.2 Å². The van der Waals surface area contributed by atoms with Crippen molar-refractivity contribution in [2.75, 3.05) is 5.32 Å². The van der Waals surface area contributed by atoms with Gasteiger partial charge >= 0.3 is 0 Å². The lowest BCUT2D eigenvalue weighted by molar-refractivity contribution is 0.100. The number of carbonyl (C=O) groups excluding carboxylic acids is 1. The van der Waals surface area contributed by atoms with Gasteiger partial charge in [0.05, 0.1) is 10.6 Å². The molecule has 0 aliphatic heterocycles. The molecule has 4 heteroatoms. The van der Waals surface area contributed by atoms with E-state index in [-0.39, 0.29) is 0 Å². The maximum atomic E-state index is 11.1. The minimum absolute atomic E-state index is 0.375. The molecule has 2 rings (SSSR count). The number of hydrogen-bond donors (Lipinski definition) is 2. The topological polar surface area (TPSA) is 55.1 Å². The molecular weight excluding hydrogens is 248 g/mol. The van der Waals surface area contributed by atoms with E-state index >= 15 is 0 Å². The summed E-state index contributed by atoms with van der Waals surface area (Å²) in [7, 11) is 0. The van der Waals surface area contributed by atoms with Crippen LogP contribution in [0.3, 0.4) is 0 Å². The summed E-state index contributed by atoms with van der Waals surface area (Å²) in [6, 6.07) is 5.84. The van der Waals surface area contributed by atoms with Crippen LogP contribution in [0.5, 0.6) is 0 Å². The molecule has 0 radical (unpaired) electrons. The molecule has 0 aromatic heterocycles. The van der Waals surface area contributed by atoms with E-state index in [1.165, 1.54) is 25.7 Å². The van der Waals surface area contributed by atoms with Gasteiger partial charge in [0.25, 0.3) is 0 Å². The highest BCUT2D eigenvalue weighted by molar-refractivity contribution is 6.34. The zero-order valence-corrected chi connectivity index (χ0v) is 11.3. The fraction of sp³-hybridized carbons (Fsp3) is 0.500. The summed E-state index contributed by atoms with van der Waals surface area (Å²) in [5.41, 5.74) is 6.56. The average Bonchev–Trinajstić information content (AvgIpc) is 2.76. The third-order valence-electron chi connectivity index (χ3n) is 3.72. The van der Waals surface area contributed by atoms with Crippen molar-refractivity contribution < 1.29 is 4.79 Å². The highest BCUT2D eigenvalue weighted by atomic mass is 35.5. The highest BCUT2D eigenvalue weighted by Crippen LogP contribution is 2.31. The second-order valence-corrected chi connectivity index (χ2v) is 5.39. The Morgan fingerprint density at radius 3 is 2.83 bits per heavy atom. The van der Waals surface area contributed by atoms with E-state index < -0.39 is 5.91 Å². The van der Waals surface area contributed by atoms with Crippen LogP contribution in [0.1, 0.15) is 43.0 Å². The zero-order valence-electron chi connectivity index (χ0n) is 10.6. The molecule has 1 fully saturated rings. The lowest BCUT2D eigenvalue weighted by atomic mass is 10.1. The summed E-state index contributed by atoms with van der Waals surface area (Å²) in [4.78, 5) is 11.1. The van der Waals surface area contributed by atoms with Crippen LogP contribution in [0.2, 0.25) is 5.02 Å². The minimum Gasteiger partial charge on any atom is -0.382 e. The fourth-order valence-electron chi connectivity index (χ4n) is 2.62. The number of amides is 1. The normalized spacial score (nSPS) is 23.0. The van der Waals surface area contributed by atoms with Gasteiger partial charge < -0.3 is 11.1 Å². The number of carbonyl (C=O) groups is 1. The first-order valence-corrected chi connectivity index (χ1v) is 6.83. The summed E-state index contributed by atoms with van der Waals surface area (Å²) >= 11 is 6.02. The molecule has 1 saturated carbocycles. The molecule has 1 aromatic carbocycles. The maximum absolute atomic E-state index is 11.1. The smallest absolute Gasteiger partial charge is 0.250 e. The lowest BCUT2D eigenvalue weighted by Gasteiger charge is -2.15. The number of benzene rings is 1. The van der Waals surface area contributed by atoms with Gasteiger partial charge in [0.2, 0.25) is 5.91 Å². The molecule has 3 N–H and O–H groups in total. The van der Waals surface area contributed by atoms with Gasteiger partial charge in [-0.25, -0.2) is 0 Å². The number of anilines is 1. The molecule has 1 aliphatic rings.